The molecule has 0 amide bonds. The van der Waals surface area contributed by atoms with Crippen molar-refractivity contribution in [2.24, 2.45) is 0 Å². The molecule has 4 aromatic heterocycles. The van der Waals surface area contributed by atoms with Gasteiger partial charge in [-0.05, 0) is 123 Å². The Labute approximate surface area is 399 Å². The number of aromatic amines is 3. The number of aryl methyl sites for hydroxylation is 4. The van der Waals surface area contributed by atoms with E-state index in [0.717, 1.165) is 109 Å². The second kappa shape index (κ2) is 19.3. The molecule has 2 atom stereocenters. The molecule has 65 heavy (non-hydrogen) atoms. The Morgan fingerprint density at radius 1 is 0.662 bits per heavy atom. The molecular formula is C52H53BrCl2N10. The molecule has 12 rings (SSSR count). The number of hydrogen-bond donors (Lipinski definition) is 3. The Bertz CT molecular complexity index is 2910. The number of benzene rings is 4. The molecular weight excluding hydrogens is 915 g/mol. The monoisotopic (exact) mass is 966 g/mol. The second-order valence-electron chi connectivity index (χ2n) is 17.7. The van der Waals surface area contributed by atoms with E-state index in [2.05, 4.69) is 97.8 Å². The Balaban J connectivity index is 0.000000137. The first-order valence-electron chi connectivity index (χ1n) is 22.7. The van der Waals surface area contributed by atoms with E-state index in [4.69, 9.17) is 33.2 Å². The van der Waals surface area contributed by atoms with E-state index in [1.807, 2.05) is 68.7 Å². The van der Waals surface area contributed by atoms with Crippen LogP contribution >= 0.6 is 39.1 Å². The lowest BCUT2D eigenvalue weighted by Gasteiger charge is -2.37. The number of hydrogen-bond acceptors (Lipinski definition) is 6. The van der Waals surface area contributed by atoms with Crippen LogP contribution in [0.1, 0.15) is 69.3 Å². The average molecular weight is 969 g/mol. The molecule has 4 aliphatic rings. The number of imidazole rings is 4. The number of halogens is 3. The topological polar surface area (TPSA) is 110 Å². The smallest absolute Gasteiger partial charge is 0.139 e. The van der Waals surface area contributed by atoms with Crippen molar-refractivity contribution in [1.29, 1.82) is 0 Å². The second-order valence-corrected chi connectivity index (χ2v) is 19.5. The number of fused-ring (bicyclic) bond motifs is 4. The molecule has 0 saturated carbocycles. The molecule has 0 radical (unpaired) electrons. The lowest BCUT2D eigenvalue weighted by atomic mass is 9.86. The molecule has 6 heterocycles. The summed E-state index contributed by atoms with van der Waals surface area (Å²) >= 11 is 16.4. The number of nitrogens with one attached hydrogen (secondary N) is 3. The first-order chi connectivity index (χ1) is 31.7. The third-order valence-corrected chi connectivity index (χ3v) is 14.6. The van der Waals surface area contributed by atoms with Gasteiger partial charge in [0.25, 0.3) is 0 Å². The molecule has 4 aromatic carbocycles. The van der Waals surface area contributed by atoms with Gasteiger partial charge < -0.3 is 19.5 Å². The third-order valence-electron chi connectivity index (χ3n) is 13.4. The van der Waals surface area contributed by atoms with Gasteiger partial charge in [-0.1, -0.05) is 75.5 Å². The summed E-state index contributed by atoms with van der Waals surface area (Å²) in [7, 11) is 0. The van der Waals surface area contributed by atoms with E-state index >= 15 is 0 Å². The minimum atomic E-state index is 0.573. The van der Waals surface area contributed by atoms with Crippen molar-refractivity contribution in [2.75, 3.05) is 13.1 Å². The lowest BCUT2D eigenvalue weighted by Crippen LogP contribution is -2.42. The quantitative estimate of drug-likeness (QED) is 0.158. The third kappa shape index (κ3) is 9.81. The van der Waals surface area contributed by atoms with Gasteiger partial charge in [0, 0.05) is 90.5 Å². The van der Waals surface area contributed by atoms with Crippen LogP contribution in [0.2, 0.25) is 10.0 Å². The van der Waals surface area contributed by atoms with Crippen LogP contribution in [0.3, 0.4) is 0 Å². The minimum absolute atomic E-state index is 0.573. The van der Waals surface area contributed by atoms with Crippen LogP contribution in [-0.4, -0.2) is 74.4 Å². The lowest BCUT2D eigenvalue weighted by molar-refractivity contribution is 0.160. The summed E-state index contributed by atoms with van der Waals surface area (Å²) in [6.07, 6.45) is 16.4. The van der Waals surface area contributed by atoms with Crippen molar-refractivity contribution in [3.05, 3.63) is 181 Å². The molecule has 332 valence electrons. The van der Waals surface area contributed by atoms with Crippen molar-refractivity contribution in [3.63, 3.8) is 0 Å². The zero-order chi connectivity index (χ0) is 44.4. The Morgan fingerprint density at radius 3 is 1.74 bits per heavy atom. The molecule has 2 aliphatic heterocycles. The van der Waals surface area contributed by atoms with Crippen molar-refractivity contribution in [3.8, 4) is 28.5 Å². The number of nitrogens with zero attached hydrogens (tertiary/aromatic N) is 7. The molecule has 0 spiro atoms. The normalized spacial score (nSPS) is 18.0. The van der Waals surface area contributed by atoms with Crippen molar-refractivity contribution < 1.29 is 0 Å². The summed E-state index contributed by atoms with van der Waals surface area (Å²) in [5.41, 5.74) is 16.1. The maximum atomic E-state index is 6.40. The van der Waals surface area contributed by atoms with Crippen LogP contribution in [0, 0.1) is 13.8 Å². The molecule has 0 saturated heterocycles. The molecule has 0 bridgehead atoms. The molecule has 2 unspecified atom stereocenters. The number of aromatic nitrogens is 8. The van der Waals surface area contributed by atoms with Gasteiger partial charge in [0.15, 0.2) is 0 Å². The van der Waals surface area contributed by atoms with Gasteiger partial charge >= 0.3 is 0 Å². The van der Waals surface area contributed by atoms with Gasteiger partial charge in [0.05, 0.1) is 51.2 Å². The standard InChI is InChI=1S/C26H26ClN5.C22H21BrClN3.C4H6N2/c1-17-14-32(16-28-17)21-9-7-18-12-20(8-6-19(18)13-21)31-11-10-24-25(15-31)30-26(29-24)22-4-2-3-5-23(22)27;23-16-7-5-15-12-17(8-6-14(15)11-16)27-10-9-20-21(13-27)26-22(25-20)18-3-1-2-4-19(18)24;1-4-2-5-3-6-4/h2-5,7,9,13-14,16,20H,6,8,10-12,15H2,1H3,(H,29,30);1-5,7,11,17H,6,8-10,12-13H2,(H,25,26);2-3H,1H3,(H,5,6). The molecule has 8 aromatic rings. The van der Waals surface area contributed by atoms with Crippen LogP contribution in [0.15, 0.2) is 114 Å². The maximum absolute atomic E-state index is 6.40. The van der Waals surface area contributed by atoms with E-state index in [9.17, 15) is 0 Å². The van der Waals surface area contributed by atoms with E-state index in [1.54, 1.807) is 12.5 Å². The van der Waals surface area contributed by atoms with Crippen LogP contribution in [0.5, 0.6) is 0 Å². The summed E-state index contributed by atoms with van der Waals surface area (Å²) in [6.45, 7) is 8.01. The van der Waals surface area contributed by atoms with Gasteiger partial charge in [-0.3, -0.25) is 9.80 Å². The SMILES string of the molecule is Cc1cn(-c2ccc3c(c2)CCC(N2CCc4nc(-c5ccccc5Cl)[nH]c4C2)C3)cn1.Cc1cnc[nH]1.Clc1ccccc1-c1nc2c([nH]1)CN(C1CCc3cc(Br)ccc3C1)CC2. The zero-order valence-corrected chi connectivity index (χ0v) is 39.9. The highest BCUT2D eigenvalue weighted by molar-refractivity contribution is 9.10. The van der Waals surface area contributed by atoms with E-state index in [0.29, 0.717) is 12.1 Å². The summed E-state index contributed by atoms with van der Waals surface area (Å²) in [5.74, 6) is 1.78. The van der Waals surface area contributed by atoms with Crippen molar-refractivity contribution in [2.45, 2.75) is 90.4 Å². The molecule has 10 nitrogen and oxygen atoms in total. The summed E-state index contributed by atoms with van der Waals surface area (Å²) in [6, 6.07) is 30.6. The summed E-state index contributed by atoms with van der Waals surface area (Å²) in [4.78, 5) is 33.1. The fourth-order valence-electron chi connectivity index (χ4n) is 9.91. The maximum Gasteiger partial charge on any atom is 0.139 e. The number of rotatable bonds is 5. The average Bonchev–Trinajstić information content (AvgIpc) is 4.17. The largest absolute Gasteiger partial charge is 0.349 e. The number of H-pyrrole nitrogens is 3. The molecule has 0 fully saturated rings. The molecule has 3 N–H and O–H groups in total. The van der Waals surface area contributed by atoms with Gasteiger partial charge in [0.1, 0.15) is 11.6 Å². The fourth-order valence-corrected chi connectivity index (χ4v) is 10.8. The van der Waals surface area contributed by atoms with E-state index in [-0.39, 0.29) is 0 Å². The Hall–Kier alpha value is -5.30. The first kappa shape index (κ1) is 43.6. The van der Waals surface area contributed by atoms with Crippen molar-refractivity contribution >= 4 is 39.1 Å². The summed E-state index contributed by atoms with van der Waals surface area (Å²) in [5, 5.41) is 1.49. The Morgan fingerprint density at radius 2 is 1.23 bits per heavy atom. The highest BCUT2D eigenvalue weighted by Crippen LogP contribution is 2.34. The van der Waals surface area contributed by atoms with Crippen LogP contribution in [-0.2, 0) is 51.6 Å². The van der Waals surface area contributed by atoms with Gasteiger partial charge in [0.2, 0.25) is 0 Å². The van der Waals surface area contributed by atoms with Gasteiger partial charge in [-0.2, -0.15) is 0 Å². The van der Waals surface area contributed by atoms with E-state index in [1.165, 1.54) is 68.0 Å². The minimum Gasteiger partial charge on any atom is -0.349 e. The highest BCUT2D eigenvalue weighted by Gasteiger charge is 2.31. The van der Waals surface area contributed by atoms with Gasteiger partial charge in [-0.25, -0.2) is 19.9 Å². The van der Waals surface area contributed by atoms with Gasteiger partial charge in [-0.15, -0.1) is 0 Å². The fraction of sp³-hybridized carbons (Fsp3) is 0.308. The van der Waals surface area contributed by atoms with Crippen LogP contribution < -0.4 is 0 Å². The molecule has 2 aliphatic carbocycles. The predicted molar refractivity (Wildman–Crippen MR) is 264 cm³/mol. The van der Waals surface area contributed by atoms with E-state index < -0.39 is 0 Å². The molecule has 13 heteroatoms. The summed E-state index contributed by atoms with van der Waals surface area (Å²) < 4.78 is 3.30. The predicted octanol–water partition coefficient (Wildman–Crippen LogP) is 11.3. The van der Waals surface area contributed by atoms with Crippen LogP contribution in [0.25, 0.3) is 28.5 Å². The zero-order valence-electron chi connectivity index (χ0n) is 36.8. The first-order valence-corrected chi connectivity index (χ1v) is 24.2. The van der Waals surface area contributed by atoms with Crippen molar-refractivity contribution in [1.82, 2.24) is 49.3 Å². The highest BCUT2D eigenvalue weighted by atomic mass is 79.9. The van der Waals surface area contributed by atoms with Crippen LogP contribution in [0.4, 0.5) is 0 Å². The Kier molecular flexibility index (Phi) is 12.9.